The number of carbonyl (C=O) groups is 2. The number of unbranched alkanes of at least 4 members (excludes halogenated alkanes) is 5. The molecular weight excluding hydrogens is 460 g/mol. The predicted octanol–water partition coefficient (Wildman–Crippen LogP) is 7.10. The summed E-state index contributed by atoms with van der Waals surface area (Å²) in [6.45, 7) is 0. The third kappa shape index (κ3) is 6.21. The molecule has 2 amide bonds. The number of para-hydroxylation sites is 2. The number of nitrogens with zero attached hydrogens (tertiary/aromatic N) is 4. The zero-order chi connectivity index (χ0) is 25.3. The number of hydrogen-bond donors (Lipinski definition) is 4. The lowest BCUT2D eigenvalue weighted by atomic mass is 10.1. The van der Waals surface area contributed by atoms with E-state index in [1.165, 1.54) is 0 Å². The highest BCUT2D eigenvalue weighted by atomic mass is 16.3. The summed E-state index contributed by atoms with van der Waals surface area (Å²) in [5, 5.41) is 36.7. The smallest absolute Gasteiger partial charge is 0.264 e. The van der Waals surface area contributed by atoms with Crippen LogP contribution in [0.1, 0.15) is 51.4 Å². The standard InChI is InChI=1S/C26H28N6O4/c33-21(29-31-23-17-11-7-9-13-19(17)27-25(23)35)15-5-3-1-2-4-6-16-22(34)30-32-24-18-12-8-10-14-20(18)28-26(24)36/h7-14,27-28,35-36H,1-6,15-16H2. The van der Waals surface area contributed by atoms with Crippen LogP contribution in [0, 0.1) is 0 Å². The average Bonchev–Trinajstić information content (AvgIpc) is 3.37. The maximum absolute atomic E-state index is 12.0. The lowest BCUT2D eigenvalue weighted by molar-refractivity contribution is -0.119. The van der Waals surface area contributed by atoms with Crippen LogP contribution in [0.15, 0.2) is 69.0 Å². The summed E-state index contributed by atoms with van der Waals surface area (Å²) >= 11 is 0. The topological polar surface area (TPSA) is 156 Å². The molecule has 2 heterocycles. The fourth-order valence-electron chi connectivity index (χ4n) is 4.00. The first kappa shape index (κ1) is 24.8. The first-order chi connectivity index (χ1) is 17.5. The van der Waals surface area contributed by atoms with Gasteiger partial charge in [0.05, 0.1) is 11.0 Å². The number of azo groups is 2. The monoisotopic (exact) mass is 488 g/mol. The van der Waals surface area contributed by atoms with Crippen molar-refractivity contribution in [1.82, 2.24) is 9.97 Å². The predicted molar refractivity (Wildman–Crippen MR) is 136 cm³/mol. The number of fused-ring (bicyclic) bond motifs is 2. The van der Waals surface area contributed by atoms with Gasteiger partial charge in [0.25, 0.3) is 11.8 Å². The van der Waals surface area contributed by atoms with Crippen molar-refractivity contribution in [2.24, 2.45) is 20.5 Å². The minimum atomic E-state index is -0.322. The zero-order valence-electron chi connectivity index (χ0n) is 19.8. The number of aromatic amines is 2. The summed E-state index contributed by atoms with van der Waals surface area (Å²) in [5.41, 5.74) is 2.00. The van der Waals surface area contributed by atoms with Crippen LogP contribution < -0.4 is 0 Å². The molecule has 0 aliphatic carbocycles. The van der Waals surface area contributed by atoms with Gasteiger partial charge >= 0.3 is 0 Å². The Morgan fingerprint density at radius 3 is 1.44 bits per heavy atom. The number of benzene rings is 2. The Balaban J connectivity index is 1.09. The fraction of sp³-hybridized carbons (Fsp3) is 0.308. The normalized spacial score (nSPS) is 11.9. The van der Waals surface area contributed by atoms with E-state index in [9.17, 15) is 19.8 Å². The molecule has 0 atom stereocenters. The number of aromatic hydroxyl groups is 2. The van der Waals surface area contributed by atoms with Gasteiger partial charge in [-0.2, -0.15) is 0 Å². The number of carbonyl (C=O) groups excluding carboxylic acids is 2. The summed E-state index contributed by atoms with van der Waals surface area (Å²) in [4.78, 5) is 29.6. The maximum Gasteiger partial charge on any atom is 0.264 e. The minimum Gasteiger partial charge on any atom is -0.493 e. The van der Waals surface area contributed by atoms with Crippen LogP contribution >= 0.6 is 0 Å². The van der Waals surface area contributed by atoms with Crippen molar-refractivity contribution >= 4 is 45.0 Å². The van der Waals surface area contributed by atoms with E-state index in [4.69, 9.17) is 0 Å². The van der Waals surface area contributed by atoms with Crippen LogP contribution in [0.4, 0.5) is 11.4 Å². The lowest BCUT2D eigenvalue weighted by Crippen LogP contribution is -1.93. The van der Waals surface area contributed by atoms with Gasteiger partial charge in [-0.25, -0.2) is 0 Å². The van der Waals surface area contributed by atoms with Crippen molar-refractivity contribution in [2.75, 3.05) is 0 Å². The first-order valence-electron chi connectivity index (χ1n) is 12.0. The molecule has 2 aromatic heterocycles. The summed E-state index contributed by atoms with van der Waals surface area (Å²) < 4.78 is 0. The Kier molecular flexibility index (Phi) is 8.17. The number of amides is 2. The van der Waals surface area contributed by atoms with Crippen LogP contribution in [0.2, 0.25) is 0 Å². The summed E-state index contributed by atoms with van der Waals surface area (Å²) in [6, 6.07) is 14.6. The molecule has 0 unspecified atom stereocenters. The molecule has 4 N–H and O–H groups in total. The number of hydrogen-bond acceptors (Lipinski definition) is 6. The molecule has 0 fully saturated rings. The third-order valence-electron chi connectivity index (χ3n) is 5.87. The van der Waals surface area contributed by atoms with Gasteiger partial charge in [-0.15, -0.1) is 20.5 Å². The number of aromatic nitrogens is 2. The Labute approximate surface area is 207 Å². The van der Waals surface area contributed by atoms with Gasteiger partial charge < -0.3 is 20.2 Å². The van der Waals surface area contributed by atoms with E-state index >= 15 is 0 Å². The van der Waals surface area contributed by atoms with Gasteiger partial charge in [-0.05, 0) is 25.0 Å². The van der Waals surface area contributed by atoms with Gasteiger partial charge in [0.1, 0.15) is 0 Å². The summed E-state index contributed by atoms with van der Waals surface area (Å²) in [7, 11) is 0. The highest BCUT2D eigenvalue weighted by Crippen LogP contribution is 2.36. The van der Waals surface area contributed by atoms with Gasteiger partial charge in [0.2, 0.25) is 11.8 Å². The van der Waals surface area contributed by atoms with E-state index in [1.807, 2.05) is 36.4 Å². The molecule has 10 heteroatoms. The molecule has 0 aliphatic rings. The second kappa shape index (κ2) is 11.9. The van der Waals surface area contributed by atoms with Crippen LogP contribution in [-0.2, 0) is 9.59 Å². The second-order valence-electron chi connectivity index (χ2n) is 8.54. The Morgan fingerprint density at radius 2 is 1.00 bits per heavy atom. The van der Waals surface area contributed by atoms with Gasteiger partial charge in [0.15, 0.2) is 11.4 Å². The lowest BCUT2D eigenvalue weighted by Gasteiger charge is -2.00. The second-order valence-corrected chi connectivity index (χ2v) is 8.54. The number of rotatable bonds is 11. The van der Waals surface area contributed by atoms with Crippen molar-refractivity contribution in [1.29, 1.82) is 0 Å². The molecule has 0 radical (unpaired) electrons. The minimum absolute atomic E-state index is 0.108. The van der Waals surface area contributed by atoms with Crippen LogP contribution in [0.5, 0.6) is 11.8 Å². The molecule has 0 spiro atoms. The van der Waals surface area contributed by atoms with E-state index in [2.05, 4.69) is 30.4 Å². The Bertz CT molecular complexity index is 1310. The molecule has 0 aliphatic heterocycles. The van der Waals surface area contributed by atoms with Crippen LogP contribution in [0.3, 0.4) is 0 Å². The highest BCUT2D eigenvalue weighted by Gasteiger charge is 2.11. The van der Waals surface area contributed by atoms with Crippen molar-refractivity contribution < 1.29 is 19.8 Å². The largest absolute Gasteiger partial charge is 0.493 e. The molecule has 0 saturated carbocycles. The molecule has 2 aromatic carbocycles. The van der Waals surface area contributed by atoms with E-state index in [1.54, 1.807) is 12.1 Å². The molecule has 4 aromatic rings. The maximum atomic E-state index is 12.0. The summed E-state index contributed by atoms with van der Waals surface area (Å²) in [5.74, 6) is -0.860. The third-order valence-corrected chi connectivity index (χ3v) is 5.87. The number of H-pyrrole nitrogens is 2. The fourth-order valence-corrected chi connectivity index (χ4v) is 4.00. The van der Waals surface area contributed by atoms with Crippen LogP contribution in [0.25, 0.3) is 21.8 Å². The molecule has 36 heavy (non-hydrogen) atoms. The molecular formula is C26H28N6O4. The summed E-state index contributed by atoms with van der Waals surface area (Å²) in [6.07, 6.45) is 5.68. The highest BCUT2D eigenvalue weighted by molar-refractivity contribution is 5.95. The van der Waals surface area contributed by atoms with E-state index in [0.29, 0.717) is 36.5 Å². The Morgan fingerprint density at radius 1 is 0.611 bits per heavy atom. The average molecular weight is 489 g/mol. The van der Waals surface area contributed by atoms with E-state index in [0.717, 1.165) is 36.7 Å². The quantitative estimate of drug-likeness (QED) is 0.131. The van der Waals surface area contributed by atoms with Gasteiger partial charge in [-0.1, -0.05) is 62.1 Å². The van der Waals surface area contributed by atoms with Gasteiger partial charge in [-0.3, -0.25) is 9.59 Å². The van der Waals surface area contributed by atoms with Crippen molar-refractivity contribution in [3.05, 3.63) is 48.5 Å². The van der Waals surface area contributed by atoms with Crippen molar-refractivity contribution in [3.63, 3.8) is 0 Å². The molecule has 0 saturated heterocycles. The Hall–Kier alpha value is -4.34. The first-order valence-corrected chi connectivity index (χ1v) is 12.0. The SMILES string of the molecule is O=C(CCCCCCCCC(=O)N=Nc1c(O)[nH]c2ccccc12)N=Nc1c(O)[nH]c2ccccc12. The van der Waals surface area contributed by atoms with Crippen LogP contribution in [-0.4, -0.2) is 32.0 Å². The van der Waals surface area contributed by atoms with Crippen molar-refractivity contribution in [2.45, 2.75) is 51.4 Å². The van der Waals surface area contributed by atoms with E-state index < -0.39 is 0 Å². The zero-order valence-corrected chi connectivity index (χ0v) is 19.8. The molecule has 10 nitrogen and oxygen atoms in total. The van der Waals surface area contributed by atoms with Crippen molar-refractivity contribution in [3.8, 4) is 11.8 Å². The molecule has 4 rings (SSSR count). The van der Waals surface area contributed by atoms with E-state index in [-0.39, 0.29) is 34.9 Å². The van der Waals surface area contributed by atoms with Gasteiger partial charge in [0, 0.05) is 23.6 Å². The molecule has 0 bridgehead atoms. The molecule has 186 valence electrons. The number of nitrogens with one attached hydrogen (secondary N) is 2.